The molecule has 0 saturated carbocycles. The minimum atomic E-state index is 0.320. The Kier molecular flexibility index (Phi) is 5.03. The molecule has 116 valence electrons. The van der Waals surface area contributed by atoms with Crippen molar-refractivity contribution in [3.8, 4) is 11.5 Å². The molecule has 1 N–H and O–H groups in total. The van der Waals surface area contributed by atoms with Crippen LogP contribution in [0.25, 0.3) is 0 Å². The molecule has 0 amide bonds. The van der Waals surface area contributed by atoms with Crippen LogP contribution in [0.1, 0.15) is 24.8 Å². The highest BCUT2D eigenvalue weighted by molar-refractivity contribution is 9.10. The maximum atomic E-state index is 5.45. The maximum Gasteiger partial charge on any atom is 0.231 e. The lowest BCUT2D eigenvalue weighted by Gasteiger charge is -2.28. The number of ether oxygens (including phenoxy) is 2. The Hall–Kier alpha value is -0.780. The van der Waals surface area contributed by atoms with Crippen LogP contribution in [-0.2, 0) is 6.54 Å². The Morgan fingerprint density at radius 3 is 2.90 bits per heavy atom. The summed E-state index contributed by atoms with van der Waals surface area (Å²) in [6.45, 7) is 4.78. The molecule has 1 aromatic carbocycles. The minimum Gasteiger partial charge on any atom is -0.454 e. The lowest BCUT2D eigenvalue weighted by atomic mass is 9.94. The fraction of sp³-hybridized carbons (Fsp3) is 0.625. The normalized spacial score (nSPS) is 19.1. The van der Waals surface area contributed by atoms with Gasteiger partial charge in [0, 0.05) is 6.54 Å². The van der Waals surface area contributed by atoms with E-state index < -0.39 is 0 Å². The first kappa shape index (κ1) is 15.1. The summed E-state index contributed by atoms with van der Waals surface area (Å²) < 4.78 is 11.8. The molecule has 2 aliphatic rings. The van der Waals surface area contributed by atoms with Gasteiger partial charge in [-0.05, 0) is 85.5 Å². The van der Waals surface area contributed by atoms with Crippen molar-refractivity contribution in [2.75, 3.05) is 33.5 Å². The van der Waals surface area contributed by atoms with Gasteiger partial charge in [-0.2, -0.15) is 0 Å². The third-order valence-corrected chi connectivity index (χ3v) is 4.97. The van der Waals surface area contributed by atoms with Crippen molar-refractivity contribution in [1.82, 2.24) is 10.2 Å². The fourth-order valence-corrected chi connectivity index (χ4v) is 3.62. The lowest BCUT2D eigenvalue weighted by Crippen LogP contribution is -2.31. The zero-order valence-electron chi connectivity index (χ0n) is 12.5. The number of nitrogens with one attached hydrogen (secondary N) is 1. The largest absolute Gasteiger partial charge is 0.454 e. The second-order valence-electron chi connectivity index (χ2n) is 6.02. The van der Waals surface area contributed by atoms with Crippen LogP contribution >= 0.6 is 15.9 Å². The highest BCUT2D eigenvalue weighted by Crippen LogP contribution is 2.39. The van der Waals surface area contributed by atoms with Crippen LogP contribution in [0.3, 0.4) is 0 Å². The molecule has 2 heterocycles. The van der Waals surface area contributed by atoms with E-state index in [0.717, 1.165) is 35.0 Å². The zero-order chi connectivity index (χ0) is 14.7. The summed E-state index contributed by atoms with van der Waals surface area (Å²) in [6, 6.07) is 4.17. The van der Waals surface area contributed by atoms with Crippen molar-refractivity contribution >= 4 is 15.9 Å². The molecule has 0 bridgehead atoms. The van der Waals surface area contributed by atoms with Crippen LogP contribution in [0.4, 0.5) is 0 Å². The Balaban J connectivity index is 1.42. The molecule has 0 atom stereocenters. The number of rotatable bonds is 5. The van der Waals surface area contributed by atoms with Crippen LogP contribution in [0.5, 0.6) is 11.5 Å². The predicted molar refractivity (Wildman–Crippen MR) is 86.8 cm³/mol. The first-order valence-electron chi connectivity index (χ1n) is 7.69. The smallest absolute Gasteiger partial charge is 0.231 e. The van der Waals surface area contributed by atoms with Gasteiger partial charge in [-0.1, -0.05) is 0 Å². The van der Waals surface area contributed by atoms with E-state index in [2.05, 4.69) is 45.3 Å². The number of fused-ring (bicyclic) bond motifs is 1. The van der Waals surface area contributed by atoms with E-state index in [4.69, 9.17) is 9.47 Å². The van der Waals surface area contributed by atoms with Gasteiger partial charge in [0.05, 0.1) is 4.47 Å². The molecule has 4 nitrogen and oxygen atoms in total. The number of piperidine rings is 1. The first-order valence-corrected chi connectivity index (χ1v) is 8.49. The summed E-state index contributed by atoms with van der Waals surface area (Å²) in [4.78, 5) is 2.42. The number of likely N-dealkylation sites (tertiary alicyclic amines) is 1. The van der Waals surface area contributed by atoms with Crippen molar-refractivity contribution in [2.45, 2.75) is 25.8 Å². The number of nitrogens with zero attached hydrogens (tertiary/aromatic N) is 1. The molecule has 1 fully saturated rings. The average Bonchev–Trinajstić information content (AvgIpc) is 2.94. The second-order valence-corrected chi connectivity index (χ2v) is 6.88. The van der Waals surface area contributed by atoms with Crippen molar-refractivity contribution in [2.24, 2.45) is 5.92 Å². The molecule has 0 radical (unpaired) electrons. The average molecular weight is 355 g/mol. The molecule has 5 heteroatoms. The second kappa shape index (κ2) is 6.99. The van der Waals surface area contributed by atoms with E-state index >= 15 is 0 Å². The fourth-order valence-electron chi connectivity index (χ4n) is 3.01. The molecule has 1 saturated heterocycles. The number of halogens is 1. The van der Waals surface area contributed by atoms with Crippen LogP contribution in [0.2, 0.25) is 0 Å². The minimum absolute atomic E-state index is 0.320. The molecule has 0 unspecified atom stereocenters. The van der Waals surface area contributed by atoms with Crippen LogP contribution in [-0.4, -0.2) is 38.4 Å². The monoisotopic (exact) mass is 354 g/mol. The number of hydrogen-bond donors (Lipinski definition) is 1. The standard InChI is InChI=1S/C16H23BrN2O2/c1-19-6-3-12(4-7-19)2-5-18-10-13-8-14(17)16-15(9-13)20-11-21-16/h8-9,12,18H,2-7,10-11H2,1H3. The Morgan fingerprint density at radius 2 is 2.10 bits per heavy atom. The van der Waals surface area contributed by atoms with E-state index in [-0.39, 0.29) is 0 Å². The van der Waals surface area contributed by atoms with E-state index in [1.165, 1.54) is 37.9 Å². The van der Waals surface area contributed by atoms with Gasteiger partial charge in [0.15, 0.2) is 11.5 Å². The van der Waals surface area contributed by atoms with Gasteiger partial charge in [0.1, 0.15) is 0 Å². The Bertz CT molecular complexity index is 487. The van der Waals surface area contributed by atoms with Crippen molar-refractivity contribution in [1.29, 1.82) is 0 Å². The topological polar surface area (TPSA) is 33.7 Å². The van der Waals surface area contributed by atoms with Crippen molar-refractivity contribution in [3.05, 3.63) is 22.2 Å². The Labute approximate surface area is 134 Å². The summed E-state index contributed by atoms with van der Waals surface area (Å²) in [7, 11) is 2.21. The van der Waals surface area contributed by atoms with Gasteiger partial charge in [-0.25, -0.2) is 0 Å². The highest BCUT2D eigenvalue weighted by atomic mass is 79.9. The summed E-state index contributed by atoms with van der Waals surface area (Å²) in [5.74, 6) is 2.55. The maximum absolute atomic E-state index is 5.45. The highest BCUT2D eigenvalue weighted by Gasteiger charge is 2.18. The quantitative estimate of drug-likeness (QED) is 0.824. The molecular weight excluding hydrogens is 332 g/mol. The van der Waals surface area contributed by atoms with Crippen molar-refractivity contribution < 1.29 is 9.47 Å². The number of benzene rings is 1. The number of hydrogen-bond acceptors (Lipinski definition) is 4. The van der Waals surface area contributed by atoms with Crippen molar-refractivity contribution in [3.63, 3.8) is 0 Å². The predicted octanol–water partition coefficient (Wildman–Crippen LogP) is 3.00. The van der Waals surface area contributed by atoms with Gasteiger partial charge in [0.25, 0.3) is 0 Å². The molecular formula is C16H23BrN2O2. The van der Waals surface area contributed by atoms with Gasteiger partial charge in [-0.15, -0.1) is 0 Å². The van der Waals surface area contributed by atoms with Crippen LogP contribution < -0.4 is 14.8 Å². The van der Waals surface area contributed by atoms with E-state index in [1.807, 2.05) is 0 Å². The Morgan fingerprint density at radius 1 is 1.29 bits per heavy atom. The summed E-state index contributed by atoms with van der Waals surface area (Å²) >= 11 is 3.54. The first-order chi connectivity index (χ1) is 10.2. The SMILES string of the molecule is CN1CCC(CCNCc2cc(Br)c3c(c2)OCO3)CC1. The third-order valence-electron chi connectivity index (χ3n) is 4.38. The van der Waals surface area contributed by atoms with E-state index in [0.29, 0.717) is 6.79 Å². The van der Waals surface area contributed by atoms with E-state index in [9.17, 15) is 0 Å². The van der Waals surface area contributed by atoms with Gasteiger partial charge < -0.3 is 19.7 Å². The molecule has 0 spiro atoms. The summed E-state index contributed by atoms with van der Waals surface area (Å²) in [5, 5.41) is 3.55. The molecule has 0 aromatic heterocycles. The van der Waals surface area contributed by atoms with Crippen LogP contribution in [0.15, 0.2) is 16.6 Å². The third kappa shape index (κ3) is 3.90. The van der Waals surface area contributed by atoms with Crippen LogP contribution in [0, 0.1) is 5.92 Å². The van der Waals surface area contributed by atoms with Gasteiger partial charge in [-0.3, -0.25) is 0 Å². The molecule has 2 aliphatic heterocycles. The van der Waals surface area contributed by atoms with Gasteiger partial charge in [0.2, 0.25) is 6.79 Å². The summed E-state index contributed by atoms with van der Waals surface area (Å²) in [6.07, 6.45) is 3.96. The molecule has 21 heavy (non-hydrogen) atoms. The molecule has 0 aliphatic carbocycles. The summed E-state index contributed by atoms with van der Waals surface area (Å²) in [5.41, 5.74) is 1.23. The lowest BCUT2D eigenvalue weighted by molar-refractivity contribution is 0.173. The molecule has 1 aromatic rings. The molecule has 3 rings (SSSR count). The zero-order valence-corrected chi connectivity index (χ0v) is 14.1. The van der Waals surface area contributed by atoms with E-state index in [1.54, 1.807) is 0 Å². The van der Waals surface area contributed by atoms with Gasteiger partial charge >= 0.3 is 0 Å².